The first kappa shape index (κ1) is 10.7. The van der Waals surface area contributed by atoms with Crippen LogP contribution in [0.15, 0.2) is 24.4 Å². The van der Waals surface area contributed by atoms with Crippen molar-refractivity contribution in [1.29, 1.82) is 0 Å². The minimum absolute atomic E-state index is 0.0210. The number of carbonyl (C=O) groups excluding carboxylic acids is 1. The molecule has 0 amide bonds. The van der Waals surface area contributed by atoms with E-state index in [1.54, 1.807) is 12.3 Å². The van der Waals surface area contributed by atoms with Crippen LogP contribution >= 0.6 is 0 Å². The molecular formula is C12H15N3O. The van der Waals surface area contributed by atoms with E-state index in [9.17, 15) is 4.79 Å². The number of benzene rings is 1. The molecule has 0 saturated carbocycles. The van der Waals surface area contributed by atoms with Crippen LogP contribution in [0.5, 0.6) is 0 Å². The van der Waals surface area contributed by atoms with Crippen molar-refractivity contribution in [2.24, 2.45) is 5.41 Å². The molecule has 0 bridgehead atoms. The molecule has 2 N–H and O–H groups in total. The van der Waals surface area contributed by atoms with Gasteiger partial charge in [0.05, 0.1) is 11.7 Å². The molecule has 0 radical (unpaired) electrons. The molecule has 4 heteroatoms. The molecule has 84 valence electrons. The minimum atomic E-state index is -0.444. The first-order chi connectivity index (χ1) is 7.39. The molecule has 0 saturated heterocycles. The van der Waals surface area contributed by atoms with E-state index in [1.807, 2.05) is 32.9 Å². The fourth-order valence-corrected chi connectivity index (χ4v) is 1.53. The Morgan fingerprint density at radius 2 is 2.06 bits per heavy atom. The van der Waals surface area contributed by atoms with Crippen molar-refractivity contribution < 1.29 is 4.79 Å². The van der Waals surface area contributed by atoms with Gasteiger partial charge >= 0.3 is 0 Å². The van der Waals surface area contributed by atoms with Crippen LogP contribution in [0, 0.1) is 5.41 Å². The van der Waals surface area contributed by atoms with Crippen molar-refractivity contribution >= 4 is 22.5 Å². The van der Waals surface area contributed by atoms with Crippen LogP contribution in [-0.4, -0.2) is 15.7 Å². The van der Waals surface area contributed by atoms with Gasteiger partial charge in [0.1, 0.15) is 0 Å². The monoisotopic (exact) mass is 217 g/mol. The fraction of sp³-hybridized carbons (Fsp3) is 0.333. The summed E-state index contributed by atoms with van der Waals surface area (Å²) in [5.41, 5.74) is 6.71. The maximum atomic E-state index is 12.1. The summed E-state index contributed by atoms with van der Waals surface area (Å²) in [5.74, 6) is -0.0210. The molecule has 0 unspecified atom stereocenters. The number of hydrogen-bond donors (Lipinski definition) is 1. The Bertz CT molecular complexity index is 549. The smallest absolute Gasteiger partial charge is 0.252 e. The number of anilines is 1. The van der Waals surface area contributed by atoms with E-state index in [-0.39, 0.29) is 5.91 Å². The van der Waals surface area contributed by atoms with Crippen molar-refractivity contribution in [3.63, 3.8) is 0 Å². The van der Waals surface area contributed by atoms with Crippen LogP contribution in [0.1, 0.15) is 25.6 Å². The molecular weight excluding hydrogens is 202 g/mol. The second-order valence-corrected chi connectivity index (χ2v) is 4.93. The standard InChI is InChI=1S/C12H15N3O/c1-12(2,3)11(16)15-10-5-4-9(13)6-8(10)7-14-15/h4-7H,13H2,1-3H3. The number of nitrogens with zero attached hydrogens (tertiary/aromatic N) is 2. The van der Waals surface area contributed by atoms with Gasteiger partial charge in [-0.2, -0.15) is 9.78 Å². The molecule has 1 aromatic carbocycles. The average Bonchev–Trinajstić information content (AvgIpc) is 2.57. The predicted octanol–water partition coefficient (Wildman–Crippen LogP) is 2.30. The molecule has 16 heavy (non-hydrogen) atoms. The van der Waals surface area contributed by atoms with E-state index in [1.165, 1.54) is 4.68 Å². The van der Waals surface area contributed by atoms with Crippen molar-refractivity contribution in [1.82, 2.24) is 9.78 Å². The zero-order valence-corrected chi connectivity index (χ0v) is 9.69. The van der Waals surface area contributed by atoms with Gasteiger partial charge in [-0.05, 0) is 18.2 Å². The molecule has 0 fully saturated rings. The highest BCUT2D eigenvalue weighted by atomic mass is 16.2. The number of nitrogen functional groups attached to an aromatic ring is 1. The van der Waals surface area contributed by atoms with Crippen LogP contribution < -0.4 is 5.73 Å². The van der Waals surface area contributed by atoms with Crippen molar-refractivity contribution in [2.75, 3.05) is 5.73 Å². The molecule has 0 aliphatic heterocycles. The molecule has 1 heterocycles. The highest BCUT2D eigenvalue weighted by Crippen LogP contribution is 2.22. The zero-order valence-electron chi connectivity index (χ0n) is 9.69. The molecule has 4 nitrogen and oxygen atoms in total. The molecule has 2 aromatic rings. The molecule has 0 aliphatic rings. The molecule has 0 atom stereocenters. The Balaban J connectivity index is 2.59. The largest absolute Gasteiger partial charge is 0.399 e. The van der Waals surface area contributed by atoms with Crippen LogP contribution in [0.25, 0.3) is 10.9 Å². The van der Waals surface area contributed by atoms with E-state index < -0.39 is 5.41 Å². The number of hydrogen-bond acceptors (Lipinski definition) is 3. The van der Waals surface area contributed by atoms with Crippen molar-refractivity contribution in [2.45, 2.75) is 20.8 Å². The van der Waals surface area contributed by atoms with Gasteiger partial charge in [-0.3, -0.25) is 4.79 Å². The highest BCUT2D eigenvalue weighted by Gasteiger charge is 2.24. The van der Waals surface area contributed by atoms with Gasteiger partial charge in [-0.1, -0.05) is 20.8 Å². The fourth-order valence-electron chi connectivity index (χ4n) is 1.53. The second kappa shape index (κ2) is 3.33. The first-order valence-electron chi connectivity index (χ1n) is 5.17. The predicted molar refractivity (Wildman–Crippen MR) is 64.2 cm³/mol. The number of rotatable bonds is 0. The topological polar surface area (TPSA) is 60.9 Å². The summed E-state index contributed by atoms with van der Waals surface area (Å²) < 4.78 is 1.44. The Labute approximate surface area is 94.0 Å². The average molecular weight is 217 g/mol. The summed E-state index contributed by atoms with van der Waals surface area (Å²) in [5, 5.41) is 5.00. The maximum Gasteiger partial charge on any atom is 0.252 e. The zero-order chi connectivity index (χ0) is 11.9. The minimum Gasteiger partial charge on any atom is -0.399 e. The van der Waals surface area contributed by atoms with Crippen LogP contribution in [-0.2, 0) is 0 Å². The van der Waals surface area contributed by atoms with Gasteiger partial charge in [0.2, 0.25) is 0 Å². The summed E-state index contributed by atoms with van der Waals surface area (Å²) in [6.07, 6.45) is 1.66. The number of nitrogens with two attached hydrogens (primary N) is 1. The maximum absolute atomic E-state index is 12.1. The number of aromatic nitrogens is 2. The SMILES string of the molecule is CC(C)(C)C(=O)n1ncc2cc(N)ccc21. The van der Waals surface area contributed by atoms with Crippen molar-refractivity contribution in [3.05, 3.63) is 24.4 Å². The van der Waals surface area contributed by atoms with E-state index in [2.05, 4.69) is 5.10 Å². The Hall–Kier alpha value is -1.84. The first-order valence-corrected chi connectivity index (χ1v) is 5.17. The lowest BCUT2D eigenvalue weighted by molar-refractivity contribution is 0.0755. The second-order valence-electron chi connectivity index (χ2n) is 4.93. The highest BCUT2D eigenvalue weighted by molar-refractivity contribution is 5.94. The van der Waals surface area contributed by atoms with E-state index in [0.717, 1.165) is 10.9 Å². The van der Waals surface area contributed by atoms with Gasteiger partial charge in [-0.25, -0.2) is 0 Å². The van der Waals surface area contributed by atoms with Gasteiger partial charge in [-0.15, -0.1) is 0 Å². The molecule has 0 aliphatic carbocycles. The third-order valence-corrected chi connectivity index (χ3v) is 2.43. The molecule has 0 spiro atoms. The molecule has 1 aromatic heterocycles. The van der Waals surface area contributed by atoms with Crippen LogP contribution in [0.4, 0.5) is 5.69 Å². The van der Waals surface area contributed by atoms with Gasteiger partial charge in [0.25, 0.3) is 5.91 Å². The van der Waals surface area contributed by atoms with Gasteiger partial charge < -0.3 is 5.73 Å². The summed E-state index contributed by atoms with van der Waals surface area (Å²) >= 11 is 0. The van der Waals surface area contributed by atoms with Crippen LogP contribution in [0.3, 0.4) is 0 Å². The quantitative estimate of drug-likeness (QED) is 0.689. The number of carbonyl (C=O) groups is 1. The summed E-state index contributed by atoms with van der Waals surface area (Å²) in [6, 6.07) is 5.41. The Morgan fingerprint density at radius 1 is 1.38 bits per heavy atom. The molecule has 2 rings (SSSR count). The Morgan fingerprint density at radius 3 is 2.69 bits per heavy atom. The van der Waals surface area contributed by atoms with Crippen LogP contribution in [0.2, 0.25) is 0 Å². The lowest BCUT2D eigenvalue weighted by Gasteiger charge is -2.16. The lowest BCUT2D eigenvalue weighted by atomic mass is 9.96. The van der Waals surface area contributed by atoms with Crippen molar-refractivity contribution in [3.8, 4) is 0 Å². The van der Waals surface area contributed by atoms with E-state index in [4.69, 9.17) is 5.73 Å². The summed E-state index contributed by atoms with van der Waals surface area (Å²) in [6.45, 7) is 5.63. The van der Waals surface area contributed by atoms with Gasteiger partial charge in [0.15, 0.2) is 0 Å². The third kappa shape index (κ3) is 1.66. The van der Waals surface area contributed by atoms with Gasteiger partial charge in [0, 0.05) is 16.5 Å². The third-order valence-electron chi connectivity index (χ3n) is 2.43. The van der Waals surface area contributed by atoms with E-state index >= 15 is 0 Å². The number of fused-ring (bicyclic) bond motifs is 1. The summed E-state index contributed by atoms with van der Waals surface area (Å²) in [7, 11) is 0. The van der Waals surface area contributed by atoms with E-state index in [0.29, 0.717) is 5.69 Å². The lowest BCUT2D eigenvalue weighted by Crippen LogP contribution is -2.27. The normalized spacial score (nSPS) is 11.9. The Kier molecular flexibility index (Phi) is 2.22. The summed E-state index contributed by atoms with van der Waals surface area (Å²) in [4.78, 5) is 12.1.